The summed E-state index contributed by atoms with van der Waals surface area (Å²) >= 11 is 0. The Hall–Kier alpha value is -4.48. The number of benzene rings is 3. The van der Waals surface area contributed by atoms with E-state index in [1.54, 1.807) is 24.3 Å². The molecule has 0 saturated heterocycles. The molecule has 0 aliphatic rings. The number of carbonyl (C=O) groups is 2. The van der Waals surface area contributed by atoms with Crippen LogP contribution in [0.25, 0.3) is 10.9 Å². The summed E-state index contributed by atoms with van der Waals surface area (Å²) in [5.41, 5.74) is -1.39. The third-order valence-electron chi connectivity index (χ3n) is 7.24. The summed E-state index contributed by atoms with van der Waals surface area (Å²) in [4.78, 5) is 32.8. The molecule has 6 nitrogen and oxygen atoms in total. The Morgan fingerprint density at radius 1 is 0.886 bits per heavy atom. The molecule has 0 atom stereocenters. The Balaban J connectivity index is 1.62. The van der Waals surface area contributed by atoms with Crippen LogP contribution in [0.5, 0.6) is 5.75 Å². The number of ether oxygens (including phenoxy) is 1. The van der Waals surface area contributed by atoms with Gasteiger partial charge >= 0.3 is 12.4 Å². The molecule has 3 aromatic carbocycles. The molecule has 0 fully saturated rings. The van der Waals surface area contributed by atoms with Gasteiger partial charge in [-0.25, -0.2) is 0 Å². The van der Waals surface area contributed by atoms with Crippen LogP contribution in [0.1, 0.15) is 46.5 Å². The molecule has 44 heavy (non-hydrogen) atoms. The average molecular weight is 620 g/mol. The number of rotatable bonds is 10. The van der Waals surface area contributed by atoms with Gasteiger partial charge in [0.15, 0.2) is 0 Å². The Kier molecular flexibility index (Phi) is 9.60. The van der Waals surface area contributed by atoms with Crippen LogP contribution < -0.4 is 4.74 Å². The van der Waals surface area contributed by atoms with E-state index in [2.05, 4.69) is 4.98 Å². The summed E-state index contributed by atoms with van der Waals surface area (Å²) in [6.45, 7) is 2.88. The van der Waals surface area contributed by atoms with E-state index in [0.717, 1.165) is 26.9 Å². The molecule has 12 heteroatoms. The molecule has 0 radical (unpaired) electrons. The van der Waals surface area contributed by atoms with Gasteiger partial charge in [-0.15, -0.1) is 0 Å². The Labute approximate surface area is 250 Å². The number of carbonyl (C=O) groups excluding carboxylic acids is 2. The zero-order valence-corrected chi connectivity index (χ0v) is 24.2. The van der Waals surface area contributed by atoms with Gasteiger partial charge in [0.2, 0.25) is 5.91 Å². The summed E-state index contributed by atoms with van der Waals surface area (Å²) in [5.74, 6) is -1.03. The molecule has 0 unspecified atom stereocenters. The zero-order valence-electron chi connectivity index (χ0n) is 24.2. The summed E-state index contributed by atoms with van der Waals surface area (Å²) in [5, 5.41) is 0.980. The molecule has 234 valence electrons. The fourth-order valence-electron chi connectivity index (χ4n) is 4.82. The number of methoxy groups -OCH3 is 1. The number of hydrogen-bond acceptors (Lipinski definition) is 3. The monoisotopic (exact) mass is 619 g/mol. The number of aromatic nitrogens is 1. The molecule has 1 N–H and O–H groups in total. The standard InChI is InChI=1S/C32H31F6N3O3/c1-20(2)41(30(43)23-14-24(31(33,34)35)16-25(15-23)32(36,37)38)19-29(42)40(18-21-8-10-26(44-3)11-9-21)13-12-22-17-39-28-7-5-4-6-27(22)28/h4-11,14-17,20,39H,12-13,18-19H2,1-3H3. The Morgan fingerprint density at radius 2 is 1.50 bits per heavy atom. The van der Waals surface area contributed by atoms with E-state index in [-0.39, 0.29) is 19.2 Å². The molecule has 0 aliphatic carbocycles. The number of nitrogens with one attached hydrogen (secondary N) is 1. The van der Waals surface area contributed by atoms with Crippen LogP contribution in [0.15, 0.2) is 72.9 Å². The van der Waals surface area contributed by atoms with E-state index in [9.17, 15) is 35.9 Å². The molecule has 1 heterocycles. The van der Waals surface area contributed by atoms with Gasteiger partial charge in [0.25, 0.3) is 5.91 Å². The lowest BCUT2D eigenvalue weighted by molar-refractivity contribution is -0.143. The van der Waals surface area contributed by atoms with Gasteiger partial charge in [0, 0.05) is 41.8 Å². The number of alkyl halides is 6. The van der Waals surface area contributed by atoms with Crippen molar-refractivity contribution in [3.8, 4) is 5.75 Å². The van der Waals surface area contributed by atoms with Crippen molar-refractivity contribution in [3.05, 3.63) is 101 Å². The SMILES string of the molecule is COc1ccc(CN(CCc2c[nH]c3ccccc23)C(=O)CN(C(=O)c2cc(C(F)(F)F)cc(C(F)(F)F)c2)C(C)C)cc1. The third kappa shape index (κ3) is 7.72. The van der Waals surface area contributed by atoms with Crippen LogP contribution in [0.2, 0.25) is 0 Å². The molecule has 2 amide bonds. The number of fused-ring (bicyclic) bond motifs is 1. The second-order valence-electron chi connectivity index (χ2n) is 10.6. The number of hydrogen-bond donors (Lipinski definition) is 1. The van der Waals surface area contributed by atoms with Gasteiger partial charge in [-0.05, 0) is 67.8 Å². The van der Waals surface area contributed by atoms with Crippen LogP contribution in [0, 0.1) is 0 Å². The van der Waals surface area contributed by atoms with E-state index in [4.69, 9.17) is 4.74 Å². The lowest BCUT2D eigenvalue weighted by atomic mass is 10.0. The van der Waals surface area contributed by atoms with Gasteiger partial charge in [-0.1, -0.05) is 30.3 Å². The summed E-state index contributed by atoms with van der Waals surface area (Å²) < 4.78 is 86.0. The van der Waals surface area contributed by atoms with Crippen molar-refractivity contribution in [1.82, 2.24) is 14.8 Å². The van der Waals surface area contributed by atoms with Gasteiger partial charge in [0.05, 0.1) is 18.2 Å². The van der Waals surface area contributed by atoms with Gasteiger partial charge in [0.1, 0.15) is 12.3 Å². The van der Waals surface area contributed by atoms with Crippen molar-refractivity contribution in [1.29, 1.82) is 0 Å². The first-order valence-electron chi connectivity index (χ1n) is 13.7. The summed E-state index contributed by atoms with van der Waals surface area (Å²) in [6.07, 6.45) is -7.95. The normalized spacial score (nSPS) is 12.0. The highest BCUT2D eigenvalue weighted by Crippen LogP contribution is 2.36. The summed E-state index contributed by atoms with van der Waals surface area (Å²) in [6, 6.07) is 14.7. The smallest absolute Gasteiger partial charge is 0.416 e. The van der Waals surface area contributed by atoms with E-state index in [0.29, 0.717) is 24.3 Å². The fraction of sp³-hybridized carbons (Fsp3) is 0.312. The first kappa shape index (κ1) is 32.4. The largest absolute Gasteiger partial charge is 0.497 e. The van der Waals surface area contributed by atoms with Crippen molar-refractivity contribution in [2.75, 3.05) is 20.2 Å². The highest BCUT2D eigenvalue weighted by Gasteiger charge is 2.38. The Bertz CT molecular complexity index is 1580. The molecule has 0 aliphatic heterocycles. The van der Waals surface area contributed by atoms with E-state index in [1.165, 1.54) is 25.9 Å². The van der Waals surface area contributed by atoms with Crippen molar-refractivity contribution in [3.63, 3.8) is 0 Å². The second-order valence-corrected chi connectivity index (χ2v) is 10.6. The van der Waals surface area contributed by atoms with Crippen molar-refractivity contribution >= 4 is 22.7 Å². The number of amides is 2. The van der Waals surface area contributed by atoms with Gasteiger partial charge in [-0.2, -0.15) is 26.3 Å². The third-order valence-corrected chi connectivity index (χ3v) is 7.24. The molecule has 0 spiro atoms. The van der Waals surface area contributed by atoms with Crippen LogP contribution in [-0.4, -0.2) is 52.8 Å². The second kappa shape index (κ2) is 13.0. The van der Waals surface area contributed by atoms with Crippen LogP contribution >= 0.6 is 0 Å². The van der Waals surface area contributed by atoms with Gasteiger partial charge in [-0.3, -0.25) is 9.59 Å². The molecule has 1 aromatic heterocycles. The number of nitrogens with zero attached hydrogens (tertiary/aromatic N) is 2. The molecule has 4 aromatic rings. The first-order chi connectivity index (χ1) is 20.7. The maximum atomic E-state index is 13.7. The van der Waals surface area contributed by atoms with E-state index < -0.39 is 53.4 Å². The van der Waals surface area contributed by atoms with E-state index in [1.807, 2.05) is 30.5 Å². The first-order valence-corrected chi connectivity index (χ1v) is 13.7. The maximum Gasteiger partial charge on any atom is 0.416 e. The lowest BCUT2D eigenvalue weighted by Crippen LogP contribution is -2.46. The van der Waals surface area contributed by atoms with Crippen LogP contribution in [-0.2, 0) is 30.1 Å². The Morgan fingerprint density at radius 3 is 2.07 bits per heavy atom. The number of aromatic amines is 1. The molecular formula is C32H31F6N3O3. The molecule has 4 rings (SSSR count). The van der Waals surface area contributed by atoms with E-state index >= 15 is 0 Å². The number of halogens is 6. The fourth-order valence-corrected chi connectivity index (χ4v) is 4.82. The zero-order chi connectivity index (χ0) is 32.2. The van der Waals surface area contributed by atoms with Crippen molar-refractivity contribution in [2.24, 2.45) is 0 Å². The predicted molar refractivity (Wildman–Crippen MR) is 153 cm³/mol. The predicted octanol–water partition coefficient (Wildman–Crippen LogP) is 7.34. The summed E-state index contributed by atoms with van der Waals surface area (Å²) in [7, 11) is 1.52. The van der Waals surface area contributed by atoms with Crippen LogP contribution in [0.4, 0.5) is 26.3 Å². The maximum absolute atomic E-state index is 13.7. The van der Waals surface area contributed by atoms with Gasteiger partial charge < -0.3 is 19.5 Å². The van der Waals surface area contributed by atoms with Crippen molar-refractivity contribution in [2.45, 2.75) is 45.2 Å². The van der Waals surface area contributed by atoms with Crippen molar-refractivity contribution < 1.29 is 40.7 Å². The minimum atomic E-state index is -5.12. The lowest BCUT2D eigenvalue weighted by Gasteiger charge is -2.30. The average Bonchev–Trinajstić information content (AvgIpc) is 3.39. The minimum Gasteiger partial charge on any atom is -0.497 e. The number of para-hydroxylation sites is 1. The highest BCUT2D eigenvalue weighted by atomic mass is 19.4. The van der Waals surface area contributed by atoms with Crippen LogP contribution in [0.3, 0.4) is 0 Å². The topological polar surface area (TPSA) is 65.6 Å². The molecular weight excluding hydrogens is 588 g/mol. The molecule has 0 bridgehead atoms. The number of H-pyrrole nitrogens is 1. The minimum absolute atomic E-state index is 0.0387. The highest BCUT2D eigenvalue weighted by molar-refractivity contribution is 5.97. The molecule has 0 saturated carbocycles. The quantitative estimate of drug-likeness (QED) is 0.189.